The molecule has 0 amide bonds. The van der Waals surface area contributed by atoms with Gasteiger partial charge in [0.15, 0.2) is 0 Å². The number of aromatic nitrogens is 2. The number of rotatable bonds is 7. The topological polar surface area (TPSA) is 37.8 Å². The minimum Gasteiger partial charge on any atom is -0.314 e. The average molecular weight is 227 g/mol. The molecule has 86 valence electrons. The molecule has 1 aromatic rings. The Labute approximate surface area is 96.5 Å². The van der Waals surface area contributed by atoms with Gasteiger partial charge in [0.1, 0.15) is 10.8 Å². The third-order valence-electron chi connectivity index (χ3n) is 2.31. The molecule has 0 aliphatic heterocycles. The van der Waals surface area contributed by atoms with Crippen LogP contribution in [0.1, 0.15) is 43.9 Å². The van der Waals surface area contributed by atoms with Gasteiger partial charge >= 0.3 is 0 Å². The van der Waals surface area contributed by atoms with Crippen LogP contribution in [0.2, 0.25) is 0 Å². The molecule has 1 N–H and O–H groups in total. The first-order valence-corrected chi connectivity index (χ1v) is 6.56. The van der Waals surface area contributed by atoms with Gasteiger partial charge in [-0.05, 0) is 37.8 Å². The first-order valence-electron chi connectivity index (χ1n) is 5.78. The van der Waals surface area contributed by atoms with Gasteiger partial charge in [-0.15, -0.1) is 0 Å². The van der Waals surface area contributed by atoms with E-state index in [9.17, 15) is 0 Å². The molecule has 0 bridgehead atoms. The Morgan fingerprint density at radius 3 is 2.67 bits per heavy atom. The Hall–Kier alpha value is -0.480. The van der Waals surface area contributed by atoms with Gasteiger partial charge in [-0.1, -0.05) is 20.3 Å². The lowest BCUT2D eigenvalue weighted by atomic mass is 10.1. The highest BCUT2D eigenvalue weighted by atomic mass is 32.1. The summed E-state index contributed by atoms with van der Waals surface area (Å²) in [5, 5.41) is 4.73. The Morgan fingerprint density at radius 1 is 1.33 bits per heavy atom. The second kappa shape index (κ2) is 6.90. The summed E-state index contributed by atoms with van der Waals surface area (Å²) in [6, 6.07) is 0.572. The van der Waals surface area contributed by atoms with E-state index in [2.05, 4.69) is 28.5 Å². The number of aryl methyl sites for hydroxylation is 1. The fourth-order valence-corrected chi connectivity index (χ4v) is 2.33. The zero-order valence-electron chi connectivity index (χ0n) is 9.92. The van der Waals surface area contributed by atoms with Crippen LogP contribution in [-0.2, 0) is 6.42 Å². The maximum atomic E-state index is 4.41. The van der Waals surface area contributed by atoms with Crippen LogP contribution in [0.5, 0.6) is 0 Å². The van der Waals surface area contributed by atoms with Crippen LogP contribution < -0.4 is 5.32 Å². The maximum absolute atomic E-state index is 4.41. The van der Waals surface area contributed by atoms with Crippen molar-refractivity contribution in [1.82, 2.24) is 14.7 Å². The molecule has 1 heterocycles. The van der Waals surface area contributed by atoms with Gasteiger partial charge in [0.2, 0.25) is 0 Å². The summed E-state index contributed by atoms with van der Waals surface area (Å²) in [6.45, 7) is 7.48. The summed E-state index contributed by atoms with van der Waals surface area (Å²) in [7, 11) is 0. The van der Waals surface area contributed by atoms with Gasteiger partial charge in [-0.2, -0.15) is 4.37 Å². The standard InChI is InChI=1S/C11H21N3S/c1-4-6-10(12-7-5-2)8-11-13-9(3)14-15-11/h10,12H,4-8H2,1-3H3. The molecule has 15 heavy (non-hydrogen) atoms. The highest BCUT2D eigenvalue weighted by Crippen LogP contribution is 2.10. The molecule has 0 radical (unpaired) electrons. The summed E-state index contributed by atoms with van der Waals surface area (Å²) < 4.78 is 4.21. The molecule has 1 aromatic heterocycles. The minimum atomic E-state index is 0.572. The Bertz CT molecular complexity index is 273. The lowest BCUT2D eigenvalue weighted by Gasteiger charge is -2.15. The molecule has 0 aromatic carbocycles. The van der Waals surface area contributed by atoms with E-state index >= 15 is 0 Å². The predicted molar refractivity (Wildman–Crippen MR) is 65.3 cm³/mol. The molecule has 1 rings (SSSR count). The molecule has 0 fully saturated rings. The fourth-order valence-electron chi connectivity index (χ4n) is 1.61. The molecule has 4 heteroatoms. The van der Waals surface area contributed by atoms with Crippen molar-refractivity contribution >= 4 is 11.5 Å². The Balaban J connectivity index is 2.42. The minimum absolute atomic E-state index is 0.572. The van der Waals surface area contributed by atoms with Gasteiger partial charge in [0.25, 0.3) is 0 Å². The highest BCUT2D eigenvalue weighted by Gasteiger charge is 2.10. The SMILES string of the molecule is CCCNC(CCC)Cc1nc(C)ns1. The third kappa shape index (κ3) is 4.71. The van der Waals surface area contributed by atoms with Gasteiger partial charge in [-0.25, -0.2) is 4.98 Å². The molecule has 0 saturated carbocycles. The molecule has 1 unspecified atom stereocenters. The summed E-state index contributed by atoms with van der Waals surface area (Å²) in [5.41, 5.74) is 0. The van der Waals surface area contributed by atoms with Gasteiger partial charge < -0.3 is 5.32 Å². The van der Waals surface area contributed by atoms with Gasteiger partial charge in [0.05, 0.1) is 0 Å². The second-order valence-corrected chi connectivity index (χ2v) is 4.72. The number of hydrogen-bond acceptors (Lipinski definition) is 4. The quantitative estimate of drug-likeness (QED) is 0.778. The number of nitrogens with one attached hydrogen (secondary N) is 1. The molecular weight excluding hydrogens is 206 g/mol. The van der Waals surface area contributed by atoms with Crippen molar-refractivity contribution in [2.45, 2.75) is 52.5 Å². The van der Waals surface area contributed by atoms with Gasteiger partial charge in [0, 0.05) is 12.5 Å². The lowest BCUT2D eigenvalue weighted by molar-refractivity contribution is 0.472. The normalized spacial score (nSPS) is 13.0. The van der Waals surface area contributed by atoms with Crippen molar-refractivity contribution in [2.24, 2.45) is 0 Å². The van der Waals surface area contributed by atoms with E-state index in [0.717, 1.165) is 23.8 Å². The summed E-state index contributed by atoms with van der Waals surface area (Å²) in [5.74, 6) is 0.903. The first-order chi connectivity index (χ1) is 7.26. The van der Waals surface area contributed by atoms with Crippen molar-refractivity contribution in [2.75, 3.05) is 6.54 Å². The van der Waals surface area contributed by atoms with Crippen LogP contribution in [0.25, 0.3) is 0 Å². The largest absolute Gasteiger partial charge is 0.314 e. The third-order valence-corrected chi connectivity index (χ3v) is 3.14. The molecule has 0 aliphatic carbocycles. The number of hydrogen-bond donors (Lipinski definition) is 1. The van der Waals surface area contributed by atoms with Gasteiger partial charge in [-0.3, -0.25) is 0 Å². The molecular formula is C11H21N3S. The average Bonchev–Trinajstić information content (AvgIpc) is 2.61. The van der Waals surface area contributed by atoms with E-state index in [4.69, 9.17) is 0 Å². The zero-order chi connectivity index (χ0) is 11.1. The molecule has 0 saturated heterocycles. The number of nitrogens with zero attached hydrogens (tertiary/aromatic N) is 2. The van der Waals surface area contributed by atoms with Crippen LogP contribution in [0.15, 0.2) is 0 Å². The highest BCUT2D eigenvalue weighted by molar-refractivity contribution is 7.05. The smallest absolute Gasteiger partial charge is 0.139 e. The lowest BCUT2D eigenvalue weighted by Crippen LogP contribution is -2.31. The fraction of sp³-hybridized carbons (Fsp3) is 0.818. The van der Waals surface area contributed by atoms with E-state index in [0.29, 0.717) is 6.04 Å². The second-order valence-electron chi connectivity index (χ2n) is 3.88. The van der Waals surface area contributed by atoms with Crippen LogP contribution in [-0.4, -0.2) is 21.9 Å². The van der Waals surface area contributed by atoms with Crippen molar-refractivity contribution in [1.29, 1.82) is 0 Å². The maximum Gasteiger partial charge on any atom is 0.139 e. The van der Waals surface area contributed by atoms with Crippen molar-refractivity contribution in [3.8, 4) is 0 Å². The molecule has 3 nitrogen and oxygen atoms in total. The van der Waals surface area contributed by atoms with E-state index in [1.54, 1.807) is 0 Å². The van der Waals surface area contributed by atoms with Crippen molar-refractivity contribution in [3.63, 3.8) is 0 Å². The molecule has 1 atom stereocenters. The Kier molecular flexibility index (Phi) is 5.79. The van der Waals surface area contributed by atoms with Crippen LogP contribution in [0.3, 0.4) is 0 Å². The van der Waals surface area contributed by atoms with Crippen LogP contribution >= 0.6 is 11.5 Å². The summed E-state index contributed by atoms with van der Waals surface area (Å²) >= 11 is 1.54. The monoisotopic (exact) mass is 227 g/mol. The van der Waals surface area contributed by atoms with E-state index in [-0.39, 0.29) is 0 Å². The van der Waals surface area contributed by atoms with Crippen LogP contribution in [0.4, 0.5) is 0 Å². The van der Waals surface area contributed by atoms with E-state index in [1.165, 1.54) is 30.8 Å². The zero-order valence-corrected chi connectivity index (χ0v) is 10.7. The van der Waals surface area contributed by atoms with E-state index < -0.39 is 0 Å². The molecule has 0 aliphatic rings. The van der Waals surface area contributed by atoms with Crippen LogP contribution in [0, 0.1) is 6.92 Å². The van der Waals surface area contributed by atoms with Crippen molar-refractivity contribution in [3.05, 3.63) is 10.8 Å². The van der Waals surface area contributed by atoms with Crippen molar-refractivity contribution < 1.29 is 0 Å². The molecule has 0 spiro atoms. The first kappa shape index (κ1) is 12.6. The summed E-state index contributed by atoms with van der Waals surface area (Å²) in [4.78, 5) is 4.41. The Morgan fingerprint density at radius 2 is 2.13 bits per heavy atom. The summed E-state index contributed by atoms with van der Waals surface area (Å²) in [6.07, 6.45) is 4.66. The van der Waals surface area contributed by atoms with E-state index in [1.807, 2.05) is 6.92 Å². The predicted octanol–water partition coefficient (Wildman–Crippen LogP) is 2.56.